The molecule has 0 aliphatic carbocycles. The number of hydrogen-bond donors (Lipinski definition) is 1. The lowest BCUT2D eigenvalue weighted by Crippen LogP contribution is -2.06. The van der Waals surface area contributed by atoms with Gasteiger partial charge in [0.2, 0.25) is 0 Å². The molecule has 5 heteroatoms. The number of hydrogen-bond acceptors (Lipinski definition) is 4. The molecule has 0 radical (unpaired) electrons. The van der Waals surface area contributed by atoms with Crippen LogP contribution < -0.4 is 5.32 Å². The minimum absolute atomic E-state index is 0.360. The van der Waals surface area contributed by atoms with E-state index in [4.69, 9.17) is 0 Å². The van der Waals surface area contributed by atoms with Crippen LogP contribution in [0.3, 0.4) is 0 Å². The summed E-state index contributed by atoms with van der Waals surface area (Å²) in [4.78, 5) is 12.8. The van der Waals surface area contributed by atoms with Gasteiger partial charge in [0, 0.05) is 30.8 Å². The van der Waals surface area contributed by atoms with Gasteiger partial charge in [0.1, 0.15) is 17.5 Å². The van der Waals surface area contributed by atoms with Crippen molar-refractivity contribution in [1.29, 1.82) is 0 Å². The Bertz CT molecular complexity index is 572. The highest BCUT2D eigenvalue weighted by molar-refractivity contribution is 5.61. The number of aryl methyl sites for hydroxylation is 1. The molecule has 4 nitrogen and oxygen atoms in total. The molecule has 0 aliphatic rings. The van der Waals surface area contributed by atoms with Crippen molar-refractivity contribution in [3.63, 3.8) is 0 Å². The second-order valence-corrected chi connectivity index (χ2v) is 4.62. The zero-order valence-corrected chi connectivity index (χ0v) is 11.9. The van der Waals surface area contributed by atoms with Crippen molar-refractivity contribution >= 4 is 5.82 Å². The molecule has 0 unspecified atom stereocenters. The number of nitrogens with one attached hydrogen (secondary N) is 1. The van der Waals surface area contributed by atoms with Gasteiger partial charge in [-0.25, -0.2) is 14.4 Å². The lowest BCUT2D eigenvalue weighted by molar-refractivity contribution is 0.622. The van der Waals surface area contributed by atoms with Crippen molar-refractivity contribution in [2.45, 2.75) is 33.1 Å². The third kappa shape index (κ3) is 3.73. The number of rotatable bonds is 6. The van der Waals surface area contributed by atoms with Crippen LogP contribution in [0.25, 0.3) is 11.3 Å². The number of nitrogens with zero attached hydrogens (tertiary/aromatic N) is 3. The highest BCUT2D eigenvalue weighted by atomic mass is 19.1. The fourth-order valence-corrected chi connectivity index (χ4v) is 1.88. The Balaban J connectivity index is 2.37. The summed E-state index contributed by atoms with van der Waals surface area (Å²) in [5.74, 6) is 1.19. The minimum atomic E-state index is -0.360. The first-order chi connectivity index (χ1) is 9.72. The van der Waals surface area contributed by atoms with Crippen LogP contribution in [0.4, 0.5) is 10.2 Å². The monoisotopic (exact) mass is 274 g/mol. The van der Waals surface area contributed by atoms with Crippen LogP contribution in [0.15, 0.2) is 24.5 Å². The maximum absolute atomic E-state index is 13.3. The van der Waals surface area contributed by atoms with Crippen molar-refractivity contribution in [1.82, 2.24) is 15.0 Å². The van der Waals surface area contributed by atoms with E-state index >= 15 is 0 Å². The van der Waals surface area contributed by atoms with Gasteiger partial charge >= 0.3 is 0 Å². The molecule has 0 amide bonds. The maximum Gasteiger partial charge on any atom is 0.142 e. The molecule has 0 saturated carbocycles. The van der Waals surface area contributed by atoms with E-state index < -0.39 is 0 Å². The molecule has 2 rings (SSSR count). The Morgan fingerprint density at radius 2 is 1.95 bits per heavy atom. The van der Waals surface area contributed by atoms with Gasteiger partial charge < -0.3 is 5.32 Å². The van der Waals surface area contributed by atoms with E-state index in [1.807, 2.05) is 6.07 Å². The van der Waals surface area contributed by atoms with Crippen molar-refractivity contribution < 1.29 is 4.39 Å². The van der Waals surface area contributed by atoms with Crippen molar-refractivity contribution in [2.75, 3.05) is 11.9 Å². The van der Waals surface area contributed by atoms with E-state index in [9.17, 15) is 4.39 Å². The van der Waals surface area contributed by atoms with Crippen LogP contribution in [-0.2, 0) is 6.42 Å². The predicted molar refractivity (Wildman–Crippen MR) is 78.0 cm³/mol. The first-order valence-corrected chi connectivity index (χ1v) is 6.95. The van der Waals surface area contributed by atoms with Crippen molar-refractivity contribution in [3.05, 3.63) is 36.2 Å². The summed E-state index contributed by atoms with van der Waals surface area (Å²) in [7, 11) is 0. The van der Waals surface area contributed by atoms with E-state index in [0.29, 0.717) is 11.3 Å². The van der Waals surface area contributed by atoms with Gasteiger partial charge in [0.05, 0.1) is 11.9 Å². The van der Waals surface area contributed by atoms with Gasteiger partial charge in [0.25, 0.3) is 0 Å². The lowest BCUT2D eigenvalue weighted by atomic mass is 10.2. The number of pyridine rings is 1. The highest BCUT2D eigenvalue weighted by Gasteiger charge is 2.07. The molecule has 0 saturated heterocycles. The van der Waals surface area contributed by atoms with E-state index in [1.165, 1.54) is 12.3 Å². The largest absolute Gasteiger partial charge is 0.370 e. The topological polar surface area (TPSA) is 50.7 Å². The molecule has 1 N–H and O–H groups in total. The molecular formula is C15H19FN4. The van der Waals surface area contributed by atoms with Gasteiger partial charge in [-0.15, -0.1) is 0 Å². The molecule has 2 heterocycles. The molecule has 0 fully saturated rings. The molecule has 0 aromatic carbocycles. The zero-order valence-electron chi connectivity index (χ0n) is 11.9. The molecule has 2 aromatic heterocycles. The third-order valence-electron chi connectivity index (χ3n) is 2.80. The normalized spacial score (nSPS) is 10.6. The summed E-state index contributed by atoms with van der Waals surface area (Å²) < 4.78 is 13.3. The minimum Gasteiger partial charge on any atom is -0.370 e. The molecule has 0 bridgehead atoms. The SMILES string of the molecule is CCCNc1cc(-c2cncc(F)c2)nc(CCC)n1. The van der Waals surface area contributed by atoms with E-state index in [0.717, 1.165) is 37.4 Å². The average molecular weight is 274 g/mol. The quantitative estimate of drug-likeness (QED) is 0.876. The molecule has 20 heavy (non-hydrogen) atoms. The number of aromatic nitrogens is 3. The lowest BCUT2D eigenvalue weighted by Gasteiger charge is -2.09. The van der Waals surface area contributed by atoms with Gasteiger partial charge in [-0.1, -0.05) is 13.8 Å². The summed E-state index contributed by atoms with van der Waals surface area (Å²) >= 11 is 0. The van der Waals surface area contributed by atoms with E-state index in [1.54, 1.807) is 6.20 Å². The van der Waals surface area contributed by atoms with Gasteiger partial charge in [-0.05, 0) is 18.9 Å². The van der Waals surface area contributed by atoms with Crippen LogP contribution in [0, 0.1) is 5.82 Å². The first kappa shape index (κ1) is 14.4. The molecular weight excluding hydrogens is 255 g/mol. The maximum atomic E-state index is 13.3. The second-order valence-electron chi connectivity index (χ2n) is 4.62. The Morgan fingerprint density at radius 3 is 2.65 bits per heavy atom. The zero-order chi connectivity index (χ0) is 14.4. The van der Waals surface area contributed by atoms with Gasteiger partial charge in [0.15, 0.2) is 0 Å². The van der Waals surface area contributed by atoms with Crippen molar-refractivity contribution in [3.8, 4) is 11.3 Å². The first-order valence-electron chi connectivity index (χ1n) is 6.95. The van der Waals surface area contributed by atoms with Crippen LogP contribution in [-0.4, -0.2) is 21.5 Å². The molecule has 106 valence electrons. The summed E-state index contributed by atoms with van der Waals surface area (Å²) in [5.41, 5.74) is 1.37. The molecule has 2 aromatic rings. The fourth-order valence-electron chi connectivity index (χ4n) is 1.88. The summed E-state index contributed by atoms with van der Waals surface area (Å²) in [5, 5.41) is 3.25. The van der Waals surface area contributed by atoms with E-state index in [-0.39, 0.29) is 5.82 Å². The highest BCUT2D eigenvalue weighted by Crippen LogP contribution is 2.20. The Hall–Kier alpha value is -2.04. The van der Waals surface area contributed by atoms with Gasteiger partial charge in [-0.2, -0.15) is 0 Å². The summed E-state index contributed by atoms with van der Waals surface area (Å²) in [6.45, 7) is 5.03. The Labute approximate surface area is 118 Å². The predicted octanol–water partition coefficient (Wildman–Crippen LogP) is 3.45. The second kappa shape index (κ2) is 6.93. The summed E-state index contributed by atoms with van der Waals surface area (Å²) in [6, 6.07) is 3.28. The van der Waals surface area contributed by atoms with Crippen LogP contribution >= 0.6 is 0 Å². The molecule has 0 spiro atoms. The van der Waals surface area contributed by atoms with Crippen molar-refractivity contribution in [2.24, 2.45) is 0 Å². The van der Waals surface area contributed by atoms with Crippen LogP contribution in [0.5, 0.6) is 0 Å². The van der Waals surface area contributed by atoms with Crippen LogP contribution in [0.2, 0.25) is 0 Å². The third-order valence-corrected chi connectivity index (χ3v) is 2.80. The molecule has 0 aliphatic heterocycles. The Kier molecular flexibility index (Phi) is 4.98. The summed E-state index contributed by atoms with van der Waals surface area (Å²) in [6.07, 6.45) is 5.60. The standard InChI is InChI=1S/C15H19FN4/c1-3-5-14-19-13(8-15(20-14)18-6-4-2)11-7-12(16)10-17-9-11/h7-10H,3-6H2,1-2H3,(H,18,19,20). The Morgan fingerprint density at radius 1 is 1.10 bits per heavy atom. The van der Waals surface area contributed by atoms with Crippen LogP contribution in [0.1, 0.15) is 32.5 Å². The molecule has 0 atom stereocenters. The smallest absolute Gasteiger partial charge is 0.142 e. The van der Waals surface area contributed by atoms with Gasteiger partial charge in [-0.3, -0.25) is 4.98 Å². The fraction of sp³-hybridized carbons (Fsp3) is 0.400. The number of halogens is 1. The number of anilines is 1. The van der Waals surface area contributed by atoms with E-state index in [2.05, 4.69) is 34.1 Å². The average Bonchev–Trinajstić information content (AvgIpc) is 2.45.